The lowest BCUT2D eigenvalue weighted by atomic mass is 10.1. The van der Waals surface area contributed by atoms with Gasteiger partial charge in [-0.05, 0) is 19.0 Å². The van der Waals surface area contributed by atoms with E-state index in [4.69, 9.17) is 4.74 Å². The Morgan fingerprint density at radius 2 is 2.30 bits per heavy atom. The summed E-state index contributed by atoms with van der Waals surface area (Å²) in [4.78, 5) is 10.8. The number of ether oxygens (including phenoxy) is 1. The van der Waals surface area contributed by atoms with Crippen molar-refractivity contribution in [1.82, 2.24) is 15.5 Å². The summed E-state index contributed by atoms with van der Waals surface area (Å²) in [6.45, 7) is 1.84. The Kier molecular flexibility index (Phi) is 3.69. The molecule has 0 unspecified atom stereocenters. The summed E-state index contributed by atoms with van der Waals surface area (Å²) in [6, 6.07) is 9.13. The Morgan fingerprint density at radius 1 is 1.35 bits per heavy atom. The number of hydrogen-bond donors (Lipinski definition) is 1. The topological polar surface area (TPSA) is 64.1 Å². The lowest BCUT2D eigenvalue weighted by Gasteiger charge is -2.12. The molecule has 1 atom stereocenters. The molecule has 1 aliphatic heterocycles. The fourth-order valence-electron chi connectivity index (χ4n) is 2.25. The molecule has 2 heterocycles. The van der Waals surface area contributed by atoms with Crippen LogP contribution in [0.2, 0.25) is 0 Å². The highest BCUT2D eigenvalue weighted by atomic mass is 16.5. The van der Waals surface area contributed by atoms with Crippen LogP contribution in [0.3, 0.4) is 0 Å². The predicted molar refractivity (Wildman–Crippen MR) is 74.8 cm³/mol. The smallest absolute Gasteiger partial charge is 0.150 e. The van der Waals surface area contributed by atoms with Crippen molar-refractivity contribution in [2.75, 3.05) is 13.1 Å². The van der Waals surface area contributed by atoms with Gasteiger partial charge in [-0.15, -0.1) is 0 Å². The van der Waals surface area contributed by atoms with Crippen molar-refractivity contribution in [2.45, 2.75) is 12.5 Å². The molecule has 0 spiro atoms. The van der Waals surface area contributed by atoms with Gasteiger partial charge in [-0.2, -0.15) is 10.2 Å². The SMILES string of the molecule is O=Cc1cccc(-c2cc(O[C@H]3CCNC3)cnn2)c1. The number of aldehydes is 1. The summed E-state index contributed by atoms with van der Waals surface area (Å²) >= 11 is 0. The normalized spacial score (nSPS) is 17.9. The average Bonchev–Trinajstić information content (AvgIpc) is 3.00. The summed E-state index contributed by atoms with van der Waals surface area (Å²) in [5.41, 5.74) is 2.19. The molecule has 0 aliphatic carbocycles. The van der Waals surface area contributed by atoms with E-state index in [0.717, 1.165) is 31.4 Å². The van der Waals surface area contributed by atoms with Gasteiger partial charge in [-0.1, -0.05) is 18.2 Å². The standard InChI is InChI=1S/C15H15N3O2/c19-10-11-2-1-3-12(6-11)15-7-14(9-17-18-15)20-13-4-5-16-8-13/h1-3,6-7,9-10,13,16H,4-5,8H2/t13-/m0/s1. The zero-order valence-electron chi connectivity index (χ0n) is 11.0. The van der Waals surface area contributed by atoms with Gasteiger partial charge < -0.3 is 10.1 Å². The number of nitrogens with zero attached hydrogens (tertiary/aromatic N) is 2. The first kappa shape index (κ1) is 12.7. The van der Waals surface area contributed by atoms with Crippen LogP contribution in [0.1, 0.15) is 16.8 Å². The van der Waals surface area contributed by atoms with Gasteiger partial charge in [0.2, 0.25) is 0 Å². The molecule has 0 bridgehead atoms. The molecule has 1 aromatic carbocycles. The van der Waals surface area contributed by atoms with E-state index in [0.29, 0.717) is 17.0 Å². The number of benzene rings is 1. The molecule has 5 heteroatoms. The van der Waals surface area contributed by atoms with Crippen LogP contribution in [-0.4, -0.2) is 35.7 Å². The van der Waals surface area contributed by atoms with E-state index < -0.39 is 0 Å². The van der Waals surface area contributed by atoms with E-state index >= 15 is 0 Å². The third kappa shape index (κ3) is 2.83. The zero-order chi connectivity index (χ0) is 13.8. The summed E-state index contributed by atoms with van der Waals surface area (Å²) in [6.07, 6.45) is 3.62. The highest BCUT2D eigenvalue weighted by Gasteiger charge is 2.16. The van der Waals surface area contributed by atoms with Gasteiger partial charge in [0, 0.05) is 23.7 Å². The van der Waals surface area contributed by atoms with Gasteiger partial charge in [0.25, 0.3) is 0 Å². The van der Waals surface area contributed by atoms with Crippen molar-refractivity contribution in [3.8, 4) is 17.0 Å². The molecule has 1 N–H and O–H groups in total. The molecule has 1 aliphatic rings. The van der Waals surface area contributed by atoms with E-state index in [9.17, 15) is 4.79 Å². The number of carbonyl (C=O) groups excluding carboxylic acids is 1. The fourth-order valence-corrected chi connectivity index (χ4v) is 2.25. The second-order valence-corrected chi connectivity index (χ2v) is 4.75. The summed E-state index contributed by atoms with van der Waals surface area (Å²) in [5.74, 6) is 0.709. The molecule has 0 saturated carbocycles. The molecule has 0 radical (unpaired) electrons. The van der Waals surface area contributed by atoms with Crippen LogP contribution in [0.4, 0.5) is 0 Å². The van der Waals surface area contributed by atoms with E-state index in [-0.39, 0.29) is 6.10 Å². The van der Waals surface area contributed by atoms with Crippen LogP contribution >= 0.6 is 0 Å². The predicted octanol–water partition coefficient (Wildman–Crippen LogP) is 1.70. The van der Waals surface area contributed by atoms with Gasteiger partial charge in [-0.25, -0.2) is 0 Å². The minimum absolute atomic E-state index is 0.188. The van der Waals surface area contributed by atoms with Crippen LogP contribution in [-0.2, 0) is 0 Å². The van der Waals surface area contributed by atoms with Gasteiger partial charge >= 0.3 is 0 Å². The maximum Gasteiger partial charge on any atom is 0.150 e. The molecule has 3 rings (SSSR count). The lowest BCUT2D eigenvalue weighted by molar-refractivity contribution is 0.112. The molecular formula is C15H15N3O2. The second kappa shape index (κ2) is 5.79. The van der Waals surface area contributed by atoms with E-state index in [1.54, 1.807) is 18.3 Å². The first-order valence-electron chi connectivity index (χ1n) is 6.61. The highest BCUT2D eigenvalue weighted by Crippen LogP contribution is 2.22. The highest BCUT2D eigenvalue weighted by molar-refractivity contribution is 5.78. The Hall–Kier alpha value is -2.27. The van der Waals surface area contributed by atoms with Crippen molar-refractivity contribution >= 4 is 6.29 Å². The molecule has 1 fully saturated rings. The Morgan fingerprint density at radius 3 is 3.10 bits per heavy atom. The largest absolute Gasteiger partial charge is 0.487 e. The molecule has 20 heavy (non-hydrogen) atoms. The zero-order valence-corrected chi connectivity index (χ0v) is 11.0. The molecular weight excluding hydrogens is 254 g/mol. The molecule has 5 nitrogen and oxygen atoms in total. The van der Waals surface area contributed by atoms with Crippen molar-refractivity contribution in [3.05, 3.63) is 42.1 Å². The first-order chi connectivity index (χ1) is 9.85. The van der Waals surface area contributed by atoms with Crippen LogP contribution < -0.4 is 10.1 Å². The number of rotatable bonds is 4. The Balaban J connectivity index is 1.84. The summed E-state index contributed by atoms with van der Waals surface area (Å²) < 4.78 is 5.86. The van der Waals surface area contributed by atoms with Crippen LogP contribution in [0.25, 0.3) is 11.3 Å². The lowest BCUT2D eigenvalue weighted by Crippen LogP contribution is -2.19. The average molecular weight is 269 g/mol. The van der Waals surface area contributed by atoms with Crippen molar-refractivity contribution in [2.24, 2.45) is 0 Å². The maximum absolute atomic E-state index is 10.8. The molecule has 102 valence electrons. The first-order valence-corrected chi connectivity index (χ1v) is 6.61. The molecule has 1 aromatic heterocycles. The Labute approximate surface area is 117 Å². The number of carbonyl (C=O) groups is 1. The minimum atomic E-state index is 0.188. The van der Waals surface area contributed by atoms with Crippen molar-refractivity contribution in [3.63, 3.8) is 0 Å². The van der Waals surface area contributed by atoms with Crippen LogP contribution in [0, 0.1) is 0 Å². The fraction of sp³-hybridized carbons (Fsp3) is 0.267. The van der Waals surface area contributed by atoms with Crippen molar-refractivity contribution in [1.29, 1.82) is 0 Å². The minimum Gasteiger partial charge on any atom is -0.487 e. The van der Waals surface area contributed by atoms with E-state index in [2.05, 4.69) is 15.5 Å². The van der Waals surface area contributed by atoms with Crippen LogP contribution in [0.15, 0.2) is 36.5 Å². The maximum atomic E-state index is 10.8. The summed E-state index contributed by atoms with van der Waals surface area (Å²) in [7, 11) is 0. The third-order valence-electron chi connectivity index (χ3n) is 3.27. The van der Waals surface area contributed by atoms with E-state index in [1.807, 2.05) is 18.2 Å². The van der Waals surface area contributed by atoms with E-state index in [1.165, 1.54) is 0 Å². The van der Waals surface area contributed by atoms with Gasteiger partial charge in [-0.3, -0.25) is 4.79 Å². The monoisotopic (exact) mass is 269 g/mol. The molecule has 2 aromatic rings. The van der Waals surface area contributed by atoms with Gasteiger partial charge in [0.15, 0.2) is 0 Å². The molecule has 1 saturated heterocycles. The quantitative estimate of drug-likeness (QED) is 0.856. The van der Waals surface area contributed by atoms with Crippen LogP contribution in [0.5, 0.6) is 5.75 Å². The number of nitrogens with one attached hydrogen (secondary N) is 1. The van der Waals surface area contributed by atoms with Gasteiger partial charge in [0.05, 0.1) is 11.9 Å². The third-order valence-corrected chi connectivity index (χ3v) is 3.27. The second-order valence-electron chi connectivity index (χ2n) is 4.75. The Bertz CT molecular complexity index is 610. The molecule has 0 amide bonds. The van der Waals surface area contributed by atoms with Gasteiger partial charge in [0.1, 0.15) is 18.1 Å². The van der Waals surface area contributed by atoms with Crippen molar-refractivity contribution < 1.29 is 9.53 Å². The number of aromatic nitrogens is 2. The number of hydrogen-bond acceptors (Lipinski definition) is 5. The summed E-state index contributed by atoms with van der Waals surface area (Å²) in [5, 5.41) is 11.3.